The second-order valence-corrected chi connectivity index (χ2v) is 8.28. The van der Waals surface area contributed by atoms with Gasteiger partial charge < -0.3 is 9.30 Å². The van der Waals surface area contributed by atoms with E-state index in [1.165, 1.54) is 11.8 Å². The summed E-state index contributed by atoms with van der Waals surface area (Å²) in [6, 6.07) is 11.7. The highest BCUT2D eigenvalue weighted by Gasteiger charge is 2.15. The van der Waals surface area contributed by atoms with E-state index in [1.54, 1.807) is 13.2 Å². The van der Waals surface area contributed by atoms with Gasteiger partial charge >= 0.3 is 0 Å². The Balaban J connectivity index is 1.86. The summed E-state index contributed by atoms with van der Waals surface area (Å²) in [5.74, 6) is 1.12. The van der Waals surface area contributed by atoms with Gasteiger partial charge in [0.2, 0.25) is 10.3 Å². The average molecular weight is 440 g/mol. The smallest absolute Gasteiger partial charge is 0.268 e. The van der Waals surface area contributed by atoms with Crippen LogP contribution in [0.5, 0.6) is 5.75 Å². The highest BCUT2D eigenvalue weighted by atomic mass is 32.2. The quantitative estimate of drug-likeness (QED) is 0.328. The Labute approximate surface area is 183 Å². The normalized spacial score (nSPS) is 11.2. The van der Waals surface area contributed by atoms with Gasteiger partial charge in [0.05, 0.1) is 7.11 Å². The van der Waals surface area contributed by atoms with Gasteiger partial charge in [-0.15, -0.1) is 0 Å². The van der Waals surface area contributed by atoms with Crippen molar-refractivity contribution in [1.82, 2.24) is 13.9 Å². The molecular weight excluding hydrogens is 418 g/mol. The number of carbonyl (C=O) groups is 1. The van der Waals surface area contributed by atoms with E-state index in [4.69, 9.17) is 4.74 Å². The number of aromatic nitrogens is 3. The number of nitrogens with one attached hydrogen (secondary N) is 1. The minimum Gasteiger partial charge on any atom is -0.497 e. The third kappa shape index (κ3) is 4.72. The summed E-state index contributed by atoms with van der Waals surface area (Å²) >= 11 is 2.59. The summed E-state index contributed by atoms with van der Waals surface area (Å²) in [6.45, 7) is 5.94. The van der Waals surface area contributed by atoms with Crippen molar-refractivity contribution in [2.45, 2.75) is 25.9 Å². The van der Waals surface area contributed by atoms with Crippen LogP contribution in [0.3, 0.4) is 0 Å². The summed E-state index contributed by atoms with van der Waals surface area (Å²) in [4.78, 5) is 16.8. The topological polar surface area (TPSA) is 92.8 Å². The van der Waals surface area contributed by atoms with Gasteiger partial charge in [-0.05, 0) is 61.6 Å². The van der Waals surface area contributed by atoms with E-state index in [0.29, 0.717) is 10.3 Å². The summed E-state index contributed by atoms with van der Waals surface area (Å²) in [5, 5.41) is 13.2. The molecule has 0 aliphatic rings. The fourth-order valence-electron chi connectivity index (χ4n) is 2.98. The number of amides is 1. The third-order valence-electron chi connectivity index (χ3n) is 4.37. The molecule has 3 rings (SSSR count). The number of benzene rings is 1. The summed E-state index contributed by atoms with van der Waals surface area (Å²) in [5.41, 5.74) is 3.70. The van der Waals surface area contributed by atoms with Gasteiger partial charge in [-0.3, -0.25) is 10.1 Å². The van der Waals surface area contributed by atoms with Crippen LogP contribution in [0.15, 0.2) is 41.1 Å². The fraction of sp³-hybridized carbons (Fsp3) is 0.238. The molecule has 0 radical (unpaired) electrons. The Kier molecular flexibility index (Phi) is 6.92. The second kappa shape index (κ2) is 9.61. The van der Waals surface area contributed by atoms with Crippen LogP contribution in [0.25, 0.3) is 11.8 Å². The van der Waals surface area contributed by atoms with Gasteiger partial charge in [-0.25, -0.2) is 0 Å². The Morgan fingerprint density at radius 1 is 1.37 bits per heavy atom. The number of nitriles is 1. The zero-order valence-electron chi connectivity index (χ0n) is 17.1. The Hall–Kier alpha value is -3.09. The number of ether oxygens (including phenoxy) is 1. The Bertz CT molecular complexity index is 1120. The molecule has 0 aliphatic carbocycles. The lowest BCUT2D eigenvalue weighted by Gasteiger charge is -2.10. The number of hydrogen-bond donors (Lipinski definition) is 1. The van der Waals surface area contributed by atoms with Crippen LogP contribution in [-0.4, -0.2) is 32.7 Å². The predicted octanol–water partition coefficient (Wildman–Crippen LogP) is 4.61. The highest BCUT2D eigenvalue weighted by Crippen LogP contribution is 2.25. The van der Waals surface area contributed by atoms with Crippen molar-refractivity contribution >= 4 is 40.4 Å². The molecule has 0 saturated carbocycles. The molecule has 0 unspecified atom stereocenters. The Morgan fingerprint density at radius 3 is 2.73 bits per heavy atom. The molecule has 1 amide bonds. The lowest BCUT2D eigenvalue weighted by molar-refractivity contribution is -0.112. The molecule has 0 atom stereocenters. The maximum absolute atomic E-state index is 12.6. The number of thioether (sulfide) groups is 1. The number of hydrogen-bond acceptors (Lipinski definition) is 7. The van der Waals surface area contributed by atoms with E-state index in [1.807, 2.05) is 57.2 Å². The first-order valence-electron chi connectivity index (χ1n) is 9.19. The molecule has 0 bridgehead atoms. The summed E-state index contributed by atoms with van der Waals surface area (Å²) in [7, 11) is 1.63. The molecule has 0 aliphatic heterocycles. The first-order valence-corrected chi connectivity index (χ1v) is 11.0. The van der Waals surface area contributed by atoms with E-state index in [2.05, 4.69) is 19.2 Å². The largest absolute Gasteiger partial charge is 0.497 e. The van der Waals surface area contributed by atoms with Crippen LogP contribution < -0.4 is 10.1 Å². The minimum absolute atomic E-state index is 0.00451. The first-order chi connectivity index (χ1) is 14.5. The molecular formula is C21H21N5O2S2. The van der Waals surface area contributed by atoms with Crippen molar-refractivity contribution in [2.24, 2.45) is 0 Å². The van der Waals surface area contributed by atoms with Crippen molar-refractivity contribution in [3.8, 4) is 17.5 Å². The monoisotopic (exact) mass is 439 g/mol. The zero-order chi connectivity index (χ0) is 21.7. The summed E-state index contributed by atoms with van der Waals surface area (Å²) < 4.78 is 11.5. The predicted molar refractivity (Wildman–Crippen MR) is 120 cm³/mol. The van der Waals surface area contributed by atoms with Crippen LogP contribution in [0.1, 0.15) is 23.9 Å². The third-order valence-corrected chi connectivity index (χ3v) is 5.84. The minimum atomic E-state index is -0.504. The number of anilines is 1. The second-order valence-electron chi connectivity index (χ2n) is 6.30. The van der Waals surface area contributed by atoms with Crippen LogP contribution >= 0.6 is 23.3 Å². The standard InChI is InChI=1S/C21H21N5O2S2/c1-5-29-21-24-20(30-25-21)23-19(27)16(12-22)11-15-10-13(2)26(14(15)3)17-6-8-18(28-4)9-7-17/h6-11H,5H2,1-4H3,(H,23,24,25,27)/b16-11-. The average Bonchev–Trinajstić information content (AvgIpc) is 3.29. The van der Waals surface area contributed by atoms with Gasteiger partial charge in [-0.1, -0.05) is 18.7 Å². The molecule has 1 aromatic carbocycles. The highest BCUT2D eigenvalue weighted by molar-refractivity contribution is 7.99. The van der Waals surface area contributed by atoms with Crippen molar-refractivity contribution in [2.75, 3.05) is 18.2 Å². The van der Waals surface area contributed by atoms with Crippen LogP contribution in [-0.2, 0) is 4.79 Å². The first kappa shape index (κ1) is 21.6. The molecule has 3 aromatic rings. The zero-order valence-corrected chi connectivity index (χ0v) is 18.7. The van der Waals surface area contributed by atoms with Crippen molar-refractivity contribution in [3.05, 3.63) is 52.9 Å². The number of aryl methyl sites for hydroxylation is 1. The molecule has 2 aromatic heterocycles. The van der Waals surface area contributed by atoms with Crippen molar-refractivity contribution in [3.63, 3.8) is 0 Å². The number of methoxy groups -OCH3 is 1. The molecule has 0 spiro atoms. The number of nitrogens with zero attached hydrogens (tertiary/aromatic N) is 4. The van der Waals surface area contributed by atoms with Crippen LogP contribution in [0, 0.1) is 25.2 Å². The lowest BCUT2D eigenvalue weighted by Crippen LogP contribution is -2.13. The molecule has 1 N–H and O–H groups in total. The molecule has 9 heteroatoms. The van der Waals surface area contributed by atoms with Gasteiger partial charge in [0.1, 0.15) is 17.4 Å². The van der Waals surface area contributed by atoms with E-state index < -0.39 is 5.91 Å². The molecule has 0 saturated heterocycles. The van der Waals surface area contributed by atoms with E-state index in [-0.39, 0.29) is 5.57 Å². The molecule has 30 heavy (non-hydrogen) atoms. The molecule has 7 nitrogen and oxygen atoms in total. The van der Waals surface area contributed by atoms with Crippen LogP contribution in [0.2, 0.25) is 0 Å². The number of carbonyl (C=O) groups excluding carboxylic acids is 1. The number of rotatable bonds is 7. The SMILES string of the molecule is CCSc1nsc(NC(=O)/C(C#N)=C\c2cc(C)n(-c3ccc(OC)cc3)c2C)n1. The van der Waals surface area contributed by atoms with Gasteiger partial charge in [-0.2, -0.15) is 14.6 Å². The lowest BCUT2D eigenvalue weighted by atomic mass is 10.1. The molecule has 154 valence electrons. The molecule has 0 fully saturated rings. The van der Waals surface area contributed by atoms with Gasteiger partial charge in [0, 0.05) is 28.6 Å². The van der Waals surface area contributed by atoms with E-state index in [0.717, 1.165) is 45.7 Å². The van der Waals surface area contributed by atoms with Crippen molar-refractivity contribution < 1.29 is 9.53 Å². The van der Waals surface area contributed by atoms with Gasteiger partial charge in [0.25, 0.3) is 5.91 Å². The molecule has 2 heterocycles. The fourth-order valence-corrected chi connectivity index (χ4v) is 4.24. The summed E-state index contributed by atoms with van der Waals surface area (Å²) in [6.07, 6.45) is 1.60. The van der Waals surface area contributed by atoms with Gasteiger partial charge in [0.15, 0.2) is 0 Å². The maximum atomic E-state index is 12.6. The van der Waals surface area contributed by atoms with E-state index in [9.17, 15) is 10.1 Å². The van der Waals surface area contributed by atoms with E-state index >= 15 is 0 Å². The van der Waals surface area contributed by atoms with Crippen molar-refractivity contribution in [1.29, 1.82) is 5.26 Å². The van der Waals surface area contributed by atoms with Crippen LogP contribution in [0.4, 0.5) is 5.13 Å². The Morgan fingerprint density at radius 2 is 2.10 bits per heavy atom. The maximum Gasteiger partial charge on any atom is 0.268 e.